The van der Waals surface area contributed by atoms with Gasteiger partial charge in [0.25, 0.3) is 5.91 Å². The van der Waals surface area contributed by atoms with Crippen molar-refractivity contribution >= 4 is 17.8 Å². The van der Waals surface area contributed by atoms with Crippen LogP contribution in [0, 0.1) is 17.2 Å². The maximum atomic E-state index is 13.0. The molecule has 1 aliphatic rings. The van der Waals surface area contributed by atoms with Crippen LogP contribution in [0.4, 0.5) is 0 Å². The normalized spacial score (nSPS) is 16.8. The van der Waals surface area contributed by atoms with E-state index in [1.54, 1.807) is 35.2 Å². The van der Waals surface area contributed by atoms with Gasteiger partial charge in [0.15, 0.2) is 0 Å². The van der Waals surface area contributed by atoms with E-state index in [-0.39, 0.29) is 30.8 Å². The highest BCUT2D eigenvalue weighted by molar-refractivity contribution is 5.95. The van der Waals surface area contributed by atoms with Gasteiger partial charge in [-0.3, -0.25) is 14.4 Å². The molecule has 1 aliphatic heterocycles. The number of carbonyl (C=O) groups excluding carboxylic acids is 2. The van der Waals surface area contributed by atoms with Crippen molar-refractivity contribution < 1.29 is 19.5 Å². The monoisotopic (exact) mass is 495 g/mol. The van der Waals surface area contributed by atoms with E-state index in [0.717, 1.165) is 24.0 Å². The summed E-state index contributed by atoms with van der Waals surface area (Å²) in [5, 5.41) is 21.2. The second-order valence-electron chi connectivity index (χ2n) is 9.29. The summed E-state index contributed by atoms with van der Waals surface area (Å²) in [6, 6.07) is 26.2. The minimum atomic E-state index is -0.994. The molecule has 37 heavy (non-hydrogen) atoms. The van der Waals surface area contributed by atoms with Crippen molar-refractivity contribution in [2.24, 2.45) is 5.92 Å². The quantitative estimate of drug-likeness (QED) is 0.436. The van der Waals surface area contributed by atoms with E-state index < -0.39 is 11.9 Å². The minimum absolute atomic E-state index is 0.155. The highest BCUT2D eigenvalue weighted by Gasteiger charge is 2.40. The van der Waals surface area contributed by atoms with Crippen molar-refractivity contribution in [2.75, 3.05) is 13.1 Å². The Morgan fingerprint density at radius 3 is 2.46 bits per heavy atom. The number of likely N-dealkylation sites (tertiary alicyclic amines) is 1. The molecule has 7 heteroatoms. The van der Waals surface area contributed by atoms with E-state index in [1.807, 2.05) is 48.5 Å². The number of amides is 2. The number of benzene rings is 3. The molecule has 0 spiro atoms. The molecule has 0 bridgehead atoms. The van der Waals surface area contributed by atoms with E-state index in [4.69, 9.17) is 5.26 Å². The summed E-state index contributed by atoms with van der Waals surface area (Å²) in [7, 11) is 0. The number of aryl methyl sites for hydroxylation is 1. The molecule has 0 unspecified atom stereocenters. The first-order valence-electron chi connectivity index (χ1n) is 12.4. The summed E-state index contributed by atoms with van der Waals surface area (Å²) in [6.07, 6.45) is 1.77. The number of aliphatic carboxylic acids is 1. The SMILES string of the molecule is N#Cc1ccc(-c2cccc(C(=O)NC[C@@H]3C[C@@H](CC(=O)O)C(=O)N3CCCc3ccccc3)c2)cc1. The number of nitrogens with zero attached hydrogens (tertiary/aromatic N) is 2. The van der Waals surface area contributed by atoms with Crippen LogP contribution in [0.1, 0.15) is 40.7 Å². The van der Waals surface area contributed by atoms with Gasteiger partial charge < -0.3 is 15.3 Å². The predicted molar refractivity (Wildman–Crippen MR) is 140 cm³/mol. The van der Waals surface area contributed by atoms with Gasteiger partial charge in [0.2, 0.25) is 5.91 Å². The maximum absolute atomic E-state index is 13.0. The van der Waals surface area contributed by atoms with Crippen LogP contribution in [0.2, 0.25) is 0 Å². The Hall–Kier alpha value is -4.44. The first-order valence-corrected chi connectivity index (χ1v) is 12.4. The fourth-order valence-corrected chi connectivity index (χ4v) is 4.83. The number of nitriles is 1. The summed E-state index contributed by atoms with van der Waals surface area (Å²) < 4.78 is 0. The van der Waals surface area contributed by atoms with Crippen molar-refractivity contribution in [2.45, 2.75) is 31.7 Å². The topological polar surface area (TPSA) is 111 Å². The highest BCUT2D eigenvalue weighted by atomic mass is 16.4. The molecule has 4 rings (SSSR count). The van der Waals surface area contributed by atoms with Crippen molar-refractivity contribution in [1.82, 2.24) is 10.2 Å². The Morgan fingerprint density at radius 1 is 1.00 bits per heavy atom. The fourth-order valence-electron chi connectivity index (χ4n) is 4.83. The van der Waals surface area contributed by atoms with Crippen LogP contribution >= 0.6 is 0 Å². The lowest BCUT2D eigenvalue weighted by Crippen LogP contribution is -2.42. The molecular formula is C30H29N3O4. The number of carboxylic acid groups (broad SMARTS) is 1. The summed E-state index contributed by atoms with van der Waals surface area (Å²) in [5.74, 6) is -1.98. The zero-order valence-corrected chi connectivity index (χ0v) is 20.5. The molecule has 1 saturated heterocycles. The van der Waals surface area contributed by atoms with Gasteiger partial charge in [-0.15, -0.1) is 0 Å². The lowest BCUT2D eigenvalue weighted by atomic mass is 10.0. The van der Waals surface area contributed by atoms with Crippen LogP contribution in [0.3, 0.4) is 0 Å². The van der Waals surface area contributed by atoms with E-state index in [2.05, 4.69) is 11.4 Å². The molecule has 3 aromatic rings. The van der Waals surface area contributed by atoms with Crippen LogP contribution in [0.5, 0.6) is 0 Å². The number of rotatable bonds is 10. The lowest BCUT2D eigenvalue weighted by Gasteiger charge is -2.25. The van der Waals surface area contributed by atoms with Crippen LogP contribution in [-0.4, -0.2) is 46.9 Å². The number of nitrogens with one attached hydrogen (secondary N) is 1. The molecule has 188 valence electrons. The summed E-state index contributed by atoms with van der Waals surface area (Å²) in [6.45, 7) is 0.770. The molecular weight excluding hydrogens is 466 g/mol. The van der Waals surface area contributed by atoms with Gasteiger partial charge in [-0.25, -0.2) is 0 Å². The van der Waals surface area contributed by atoms with Crippen LogP contribution in [-0.2, 0) is 16.0 Å². The molecule has 0 radical (unpaired) electrons. The molecule has 7 nitrogen and oxygen atoms in total. The first kappa shape index (κ1) is 25.6. The third-order valence-corrected chi connectivity index (χ3v) is 6.73. The summed E-state index contributed by atoms with van der Waals surface area (Å²) in [4.78, 5) is 39.0. The second-order valence-corrected chi connectivity index (χ2v) is 9.29. The average Bonchev–Trinajstić information content (AvgIpc) is 3.21. The standard InChI is InChI=1S/C30H29N3O4/c31-19-22-11-13-23(14-12-22)24-9-4-10-25(16-24)29(36)32-20-27-17-26(18-28(34)35)30(37)33(27)15-5-8-21-6-2-1-3-7-21/h1-4,6-7,9-14,16,26-27H,5,8,15,17-18,20H2,(H,32,36)(H,34,35)/t26-,27-/m0/s1. The average molecular weight is 496 g/mol. The van der Waals surface area contributed by atoms with Crippen molar-refractivity contribution in [3.05, 3.63) is 95.6 Å². The molecule has 0 aliphatic carbocycles. The van der Waals surface area contributed by atoms with Gasteiger partial charge in [0, 0.05) is 24.7 Å². The maximum Gasteiger partial charge on any atom is 0.304 e. The number of carbonyl (C=O) groups is 3. The Morgan fingerprint density at radius 2 is 1.76 bits per heavy atom. The molecule has 3 aromatic carbocycles. The number of hydrogen-bond acceptors (Lipinski definition) is 4. The lowest BCUT2D eigenvalue weighted by molar-refractivity contribution is -0.142. The zero-order valence-electron chi connectivity index (χ0n) is 20.5. The second kappa shape index (κ2) is 12.0. The molecule has 2 atom stereocenters. The largest absolute Gasteiger partial charge is 0.481 e. The van der Waals surface area contributed by atoms with E-state index in [9.17, 15) is 19.5 Å². The van der Waals surface area contributed by atoms with Gasteiger partial charge in [0.1, 0.15) is 0 Å². The van der Waals surface area contributed by atoms with Crippen molar-refractivity contribution in [1.29, 1.82) is 5.26 Å². The van der Waals surface area contributed by atoms with Crippen molar-refractivity contribution in [3.63, 3.8) is 0 Å². The predicted octanol–water partition coefficient (Wildman–Crippen LogP) is 4.28. The third kappa shape index (κ3) is 6.62. The van der Waals surface area contributed by atoms with Crippen LogP contribution in [0.15, 0.2) is 78.9 Å². The molecule has 0 saturated carbocycles. The Bertz CT molecular complexity index is 1300. The van der Waals surface area contributed by atoms with E-state index in [1.165, 1.54) is 5.56 Å². The first-order chi connectivity index (χ1) is 17.9. The van der Waals surface area contributed by atoms with Gasteiger partial charge in [-0.1, -0.05) is 54.6 Å². The van der Waals surface area contributed by atoms with Gasteiger partial charge in [0.05, 0.1) is 24.0 Å². The highest BCUT2D eigenvalue weighted by Crippen LogP contribution is 2.28. The molecule has 2 amide bonds. The Kier molecular flexibility index (Phi) is 8.32. The van der Waals surface area contributed by atoms with Gasteiger partial charge >= 0.3 is 5.97 Å². The van der Waals surface area contributed by atoms with Crippen LogP contribution in [0.25, 0.3) is 11.1 Å². The fraction of sp³-hybridized carbons (Fsp3) is 0.267. The van der Waals surface area contributed by atoms with E-state index in [0.29, 0.717) is 24.1 Å². The Labute approximate surface area is 216 Å². The molecule has 1 heterocycles. The van der Waals surface area contributed by atoms with Crippen LogP contribution < -0.4 is 5.32 Å². The third-order valence-electron chi connectivity index (χ3n) is 6.73. The molecule has 2 N–H and O–H groups in total. The zero-order chi connectivity index (χ0) is 26.2. The summed E-state index contributed by atoms with van der Waals surface area (Å²) >= 11 is 0. The molecule has 1 fully saturated rings. The number of carboxylic acids is 1. The van der Waals surface area contributed by atoms with E-state index >= 15 is 0 Å². The molecule has 0 aromatic heterocycles. The number of hydrogen-bond donors (Lipinski definition) is 2. The summed E-state index contributed by atoms with van der Waals surface area (Å²) in [5.41, 5.74) is 4.00. The smallest absolute Gasteiger partial charge is 0.304 e. The van der Waals surface area contributed by atoms with Crippen molar-refractivity contribution in [3.8, 4) is 17.2 Å². The van der Waals surface area contributed by atoms with Gasteiger partial charge in [-0.2, -0.15) is 5.26 Å². The Balaban J connectivity index is 1.40. The van der Waals surface area contributed by atoms with Gasteiger partial charge in [-0.05, 0) is 60.2 Å². The minimum Gasteiger partial charge on any atom is -0.481 e.